The van der Waals surface area contributed by atoms with Crippen molar-refractivity contribution in [2.24, 2.45) is 46.3 Å². The van der Waals surface area contributed by atoms with E-state index >= 15 is 0 Å². The van der Waals surface area contributed by atoms with Crippen molar-refractivity contribution in [3.63, 3.8) is 0 Å². The SMILES string of the molecule is COC(=O)[C@H](C)[C@H]1CC[C@H]2[C@@H]3CC[C@H]4C[C@H](OC(C)=O)CC[C@]4(C)[C@H]3C[C@@H](OC(C)=O)[C@]12C. The van der Waals surface area contributed by atoms with Crippen molar-refractivity contribution in [2.45, 2.75) is 98.2 Å². The third-order valence-electron chi connectivity index (χ3n) is 10.6. The zero-order chi connectivity index (χ0) is 24.1. The Labute approximate surface area is 198 Å². The summed E-state index contributed by atoms with van der Waals surface area (Å²) in [7, 11) is 1.46. The molecule has 33 heavy (non-hydrogen) atoms. The molecule has 10 atom stereocenters. The first-order valence-electron chi connectivity index (χ1n) is 12.9. The van der Waals surface area contributed by atoms with Gasteiger partial charge in [0.25, 0.3) is 0 Å². The molecule has 186 valence electrons. The van der Waals surface area contributed by atoms with Crippen LogP contribution in [0.5, 0.6) is 0 Å². The average molecular weight is 463 g/mol. The van der Waals surface area contributed by atoms with Gasteiger partial charge < -0.3 is 14.2 Å². The van der Waals surface area contributed by atoms with Gasteiger partial charge in [0, 0.05) is 19.3 Å². The molecule has 0 aromatic rings. The first kappa shape index (κ1) is 24.5. The molecule has 0 unspecified atom stereocenters. The molecule has 0 saturated heterocycles. The van der Waals surface area contributed by atoms with E-state index in [1.807, 2.05) is 6.92 Å². The van der Waals surface area contributed by atoms with E-state index in [2.05, 4.69) is 13.8 Å². The fourth-order valence-electron chi connectivity index (χ4n) is 9.08. The summed E-state index contributed by atoms with van der Waals surface area (Å²) in [6, 6.07) is 0. The lowest BCUT2D eigenvalue weighted by Gasteiger charge is -2.62. The number of methoxy groups -OCH3 is 1. The van der Waals surface area contributed by atoms with Gasteiger partial charge in [0.15, 0.2) is 0 Å². The number of fused-ring (bicyclic) bond motifs is 5. The molecule has 0 bridgehead atoms. The molecule has 4 aliphatic carbocycles. The van der Waals surface area contributed by atoms with Crippen molar-refractivity contribution in [3.8, 4) is 0 Å². The number of rotatable bonds is 4. The van der Waals surface area contributed by atoms with Crippen LogP contribution in [0.25, 0.3) is 0 Å². The number of carbonyl (C=O) groups is 3. The van der Waals surface area contributed by atoms with Crippen LogP contribution >= 0.6 is 0 Å². The second-order valence-corrected chi connectivity index (χ2v) is 11.9. The fourth-order valence-corrected chi connectivity index (χ4v) is 9.08. The molecule has 4 rings (SSSR count). The predicted octanol–water partition coefficient (Wildman–Crippen LogP) is 4.93. The van der Waals surface area contributed by atoms with Crippen molar-refractivity contribution in [3.05, 3.63) is 0 Å². The second-order valence-electron chi connectivity index (χ2n) is 11.9. The van der Waals surface area contributed by atoms with Gasteiger partial charge in [0.05, 0.1) is 13.0 Å². The van der Waals surface area contributed by atoms with Crippen LogP contribution in [0, 0.1) is 46.3 Å². The van der Waals surface area contributed by atoms with Gasteiger partial charge in [-0.05, 0) is 86.4 Å². The van der Waals surface area contributed by atoms with Crippen molar-refractivity contribution >= 4 is 17.9 Å². The number of esters is 3. The smallest absolute Gasteiger partial charge is 0.308 e. The lowest BCUT2D eigenvalue weighted by molar-refractivity contribution is -0.198. The maximum absolute atomic E-state index is 12.5. The molecule has 0 N–H and O–H groups in total. The minimum Gasteiger partial charge on any atom is -0.469 e. The van der Waals surface area contributed by atoms with Gasteiger partial charge in [-0.3, -0.25) is 14.4 Å². The van der Waals surface area contributed by atoms with Gasteiger partial charge in [-0.2, -0.15) is 0 Å². The minimum absolute atomic E-state index is 0.0343. The van der Waals surface area contributed by atoms with Crippen LogP contribution in [-0.2, 0) is 28.6 Å². The molecule has 6 heteroatoms. The Balaban J connectivity index is 1.64. The summed E-state index contributed by atoms with van der Waals surface area (Å²) < 4.78 is 16.8. The van der Waals surface area contributed by atoms with Gasteiger partial charge >= 0.3 is 17.9 Å². The first-order chi connectivity index (χ1) is 15.5. The highest BCUT2D eigenvalue weighted by molar-refractivity contribution is 5.72. The van der Waals surface area contributed by atoms with Gasteiger partial charge in [-0.15, -0.1) is 0 Å². The predicted molar refractivity (Wildman–Crippen MR) is 123 cm³/mol. The van der Waals surface area contributed by atoms with Crippen molar-refractivity contribution in [1.29, 1.82) is 0 Å². The Kier molecular flexibility index (Phi) is 6.60. The van der Waals surface area contributed by atoms with E-state index in [0.717, 1.165) is 44.9 Å². The molecule has 0 amide bonds. The molecular weight excluding hydrogens is 420 g/mol. The third kappa shape index (κ3) is 3.99. The van der Waals surface area contributed by atoms with Crippen LogP contribution in [0.1, 0.15) is 86.0 Å². The van der Waals surface area contributed by atoms with Gasteiger partial charge in [-0.25, -0.2) is 0 Å². The van der Waals surface area contributed by atoms with Crippen LogP contribution in [0.4, 0.5) is 0 Å². The zero-order valence-corrected chi connectivity index (χ0v) is 21.2. The van der Waals surface area contributed by atoms with Gasteiger partial charge in [-0.1, -0.05) is 20.8 Å². The van der Waals surface area contributed by atoms with E-state index in [1.165, 1.54) is 27.4 Å². The van der Waals surface area contributed by atoms with Gasteiger partial charge in [0.2, 0.25) is 0 Å². The molecule has 0 radical (unpaired) electrons. The van der Waals surface area contributed by atoms with Crippen molar-refractivity contribution < 1.29 is 28.6 Å². The van der Waals surface area contributed by atoms with Crippen LogP contribution in [0.2, 0.25) is 0 Å². The highest BCUT2D eigenvalue weighted by Gasteiger charge is 2.65. The van der Waals surface area contributed by atoms with Crippen LogP contribution < -0.4 is 0 Å². The third-order valence-corrected chi connectivity index (χ3v) is 10.6. The van der Waals surface area contributed by atoms with Gasteiger partial charge in [0.1, 0.15) is 12.2 Å². The summed E-state index contributed by atoms with van der Waals surface area (Å²) in [5.41, 5.74) is -0.0378. The molecule has 4 saturated carbocycles. The molecule has 0 aliphatic heterocycles. The summed E-state index contributed by atoms with van der Waals surface area (Å²) in [6.07, 6.45) is 8.03. The maximum Gasteiger partial charge on any atom is 0.308 e. The van der Waals surface area contributed by atoms with E-state index in [4.69, 9.17) is 14.2 Å². The Hall–Kier alpha value is -1.59. The summed E-state index contributed by atoms with van der Waals surface area (Å²) in [5.74, 6) is 1.43. The zero-order valence-electron chi connectivity index (χ0n) is 21.2. The fraction of sp³-hybridized carbons (Fsp3) is 0.889. The molecule has 0 aromatic carbocycles. The standard InChI is InChI=1S/C27H42O6/c1-15(25(30)31-6)21-9-10-22-20-8-7-18-13-19(32-16(2)28)11-12-26(18,4)23(20)14-24(27(21,22)5)33-17(3)29/h15,18-24H,7-14H2,1-6H3/t15-,18+,19-,20+,21-,22+,23+,24-,26+,27-/m1/s1. The normalized spacial score (nSPS) is 45.1. The average Bonchev–Trinajstić information content (AvgIpc) is 3.11. The largest absolute Gasteiger partial charge is 0.469 e. The molecule has 4 fully saturated rings. The molecule has 4 aliphatic rings. The molecule has 0 heterocycles. The van der Waals surface area contributed by atoms with Crippen LogP contribution in [0.15, 0.2) is 0 Å². The Morgan fingerprint density at radius 2 is 1.58 bits per heavy atom. The molecule has 0 spiro atoms. The van der Waals surface area contributed by atoms with E-state index < -0.39 is 0 Å². The van der Waals surface area contributed by atoms with Crippen LogP contribution in [0.3, 0.4) is 0 Å². The van der Waals surface area contributed by atoms with Crippen LogP contribution in [-0.4, -0.2) is 37.2 Å². The summed E-state index contributed by atoms with van der Waals surface area (Å²) in [6.45, 7) is 9.71. The van der Waals surface area contributed by atoms with E-state index in [1.54, 1.807) is 0 Å². The summed E-state index contributed by atoms with van der Waals surface area (Å²) >= 11 is 0. The number of hydrogen-bond acceptors (Lipinski definition) is 6. The lowest BCUT2D eigenvalue weighted by Crippen LogP contribution is -2.60. The molecular formula is C27H42O6. The molecule has 0 aromatic heterocycles. The Morgan fingerprint density at radius 3 is 2.21 bits per heavy atom. The number of ether oxygens (including phenoxy) is 3. The topological polar surface area (TPSA) is 78.9 Å². The molecule has 6 nitrogen and oxygen atoms in total. The highest BCUT2D eigenvalue weighted by Crippen LogP contribution is 2.68. The van der Waals surface area contributed by atoms with Crippen molar-refractivity contribution in [1.82, 2.24) is 0 Å². The quantitative estimate of drug-likeness (QED) is 0.435. The minimum atomic E-state index is -0.231. The highest BCUT2D eigenvalue weighted by atomic mass is 16.5. The summed E-state index contributed by atoms with van der Waals surface area (Å²) in [4.78, 5) is 36.3. The monoisotopic (exact) mass is 462 g/mol. The van der Waals surface area contributed by atoms with E-state index in [9.17, 15) is 14.4 Å². The lowest BCUT2D eigenvalue weighted by atomic mass is 9.43. The second kappa shape index (κ2) is 8.88. The van der Waals surface area contributed by atoms with E-state index in [-0.39, 0.29) is 52.8 Å². The first-order valence-corrected chi connectivity index (χ1v) is 12.9. The Bertz CT molecular complexity index is 793. The Morgan fingerprint density at radius 1 is 0.879 bits per heavy atom. The van der Waals surface area contributed by atoms with E-state index in [0.29, 0.717) is 23.7 Å². The van der Waals surface area contributed by atoms with Crippen molar-refractivity contribution in [2.75, 3.05) is 7.11 Å². The maximum atomic E-state index is 12.5. The summed E-state index contributed by atoms with van der Waals surface area (Å²) in [5, 5.41) is 0. The number of carbonyl (C=O) groups excluding carboxylic acids is 3. The number of hydrogen-bond donors (Lipinski definition) is 0.